The van der Waals surface area contributed by atoms with Crippen molar-refractivity contribution in [1.29, 1.82) is 0 Å². The van der Waals surface area contributed by atoms with Crippen molar-refractivity contribution in [3.8, 4) is 0 Å². The van der Waals surface area contributed by atoms with E-state index in [4.69, 9.17) is 18.0 Å². The van der Waals surface area contributed by atoms with Crippen LogP contribution in [0, 0.1) is 5.92 Å². The zero-order valence-electron chi connectivity index (χ0n) is 12.5. The average Bonchev–Trinajstić information content (AvgIpc) is 2.37. The molecule has 4 nitrogen and oxygen atoms in total. The standard InChI is InChI=1S/C15H22N2O2S2/c1-11-6-7-17(12(2)8-11)21(18,19)10-13-4-3-5-14(9-13)15(16)20/h3-5,9,11-12H,6-8,10H2,1-2H3,(H2,16,20). The predicted molar refractivity (Wildman–Crippen MR) is 89.5 cm³/mol. The summed E-state index contributed by atoms with van der Waals surface area (Å²) in [5.74, 6) is 0.590. The van der Waals surface area contributed by atoms with Crippen LogP contribution >= 0.6 is 12.2 Å². The number of benzene rings is 1. The highest BCUT2D eigenvalue weighted by atomic mass is 32.2. The minimum Gasteiger partial charge on any atom is -0.389 e. The summed E-state index contributed by atoms with van der Waals surface area (Å²) in [6.45, 7) is 4.77. The van der Waals surface area contributed by atoms with Gasteiger partial charge in [0.2, 0.25) is 10.0 Å². The first kappa shape index (κ1) is 16.4. The average molecular weight is 326 g/mol. The molecule has 1 aromatic rings. The molecule has 116 valence electrons. The molecule has 0 aromatic heterocycles. The van der Waals surface area contributed by atoms with Gasteiger partial charge in [-0.2, -0.15) is 4.31 Å². The van der Waals surface area contributed by atoms with Crippen molar-refractivity contribution in [3.63, 3.8) is 0 Å². The molecular formula is C15H22N2O2S2. The summed E-state index contributed by atoms with van der Waals surface area (Å²) in [5, 5.41) is 0. The summed E-state index contributed by atoms with van der Waals surface area (Å²) < 4.78 is 26.9. The normalized spacial score (nSPS) is 23.9. The zero-order valence-corrected chi connectivity index (χ0v) is 14.1. The van der Waals surface area contributed by atoms with Crippen LogP contribution in [0.15, 0.2) is 24.3 Å². The molecule has 21 heavy (non-hydrogen) atoms. The van der Waals surface area contributed by atoms with E-state index in [-0.39, 0.29) is 16.8 Å². The number of thiocarbonyl (C=S) groups is 1. The molecule has 2 N–H and O–H groups in total. The van der Waals surface area contributed by atoms with E-state index in [1.807, 2.05) is 6.92 Å². The third-order valence-corrected chi connectivity index (χ3v) is 6.19. The van der Waals surface area contributed by atoms with E-state index in [2.05, 4.69) is 6.92 Å². The quantitative estimate of drug-likeness (QED) is 0.862. The Balaban J connectivity index is 2.17. The Morgan fingerprint density at radius 2 is 2.14 bits per heavy atom. The fourth-order valence-electron chi connectivity index (χ4n) is 2.91. The van der Waals surface area contributed by atoms with Crippen LogP contribution in [0.2, 0.25) is 0 Å². The highest BCUT2D eigenvalue weighted by molar-refractivity contribution is 7.88. The molecule has 0 saturated carbocycles. The first-order valence-corrected chi connectivity index (χ1v) is 9.19. The van der Waals surface area contributed by atoms with E-state index in [0.717, 1.165) is 18.4 Å². The number of nitrogens with two attached hydrogens (primary N) is 1. The van der Waals surface area contributed by atoms with Gasteiger partial charge in [-0.15, -0.1) is 0 Å². The summed E-state index contributed by atoms with van der Waals surface area (Å²) in [6, 6.07) is 7.22. The minimum absolute atomic E-state index is 0.00216. The lowest BCUT2D eigenvalue weighted by Gasteiger charge is -2.35. The first-order chi connectivity index (χ1) is 9.79. The molecule has 0 bridgehead atoms. The molecule has 0 aliphatic carbocycles. The van der Waals surface area contributed by atoms with Gasteiger partial charge in [0.05, 0.1) is 5.75 Å². The molecule has 2 atom stereocenters. The van der Waals surface area contributed by atoms with Crippen molar-refractivity contribution in [2.24, 2.45) is 11.7 Å². The lowest BCUT2D eigenvalue weighted by atomic mass is 9.95. The fraction of sp³-hybridized carbons (Fsp3) is 0.533. The van der Waals surface area contributed by atoms with Crippen LogP contribution in [0.4, 0.5) is 0 Å². The summed E-state index contributed by atoms with van der Waals surface area (Å²) in [5.41, 5.74) is 7.03. The van der Waals surface area contributed by atoms with Gasteiger partial charge in [0, 0.05) is 18.2 Å². The van der Waals surface area contributed by atoms with Crippen molar-refractivity contribution < 1.29 is 8.42 Å². The van der Waals surface area contributed by atoms with Crippen molar-refractivity contribution in [1.82, 2.24) is 4.31 Å². The second-order valence-corrected chi connectivity index (χ2v) is 8.27. The summed E-state index contributed by atoms with van der Waals surface area (Å²) in [6.07, 6.45) is 1.85. The molecule has 6 heteroatoms. The smallest absolute Gasteiger partial charge is 0.218 e. The van der Waals surface area contributed by atoms with Crippen molar-refractivity contribution in [3.05, 3.63) is 35.4 Å². The third-order valence-electron chi connectivity index (χ3n) is 4.00. The topological polar surface area (TPSA) is 63.4 Å². The van der Waals surface area contributed by atoms with Crippen molar-refractivity contribution in [2.75, 3.05) is 6.54 Å². The number of hydrogen-bond donors (Lipinski definition) is 1. The highest BCUT2D eigenvalue weighted by Crippen LogP contribution is 2.26. The molecule has 1 aliphatic heterocycles. The van der Waals surface area contributed by atoms with Crippen LogP contribution < -0.4 is 5.73 Å². The molecule has 1 fully saturated rings. The van der Waals surface area contributed by atoms with Gasteiger partial charge in [0.15, 0.2) is 0 Å². The predicted octanol–water partition coefficient (Wildman–Crippen LogP) is 2.27. The Kier molecular flexibility index (Phi) is 5.01. The van der Waals surface area contributed by atoms with Gasteiger partial charge < -0.3 is 5.73 Å². The van der Waals surface area contributed by atoms with Gasteiger partial charge in [0.1, 0.15) is 4.99 Å². The highest BCUT2D eigenvalue weighted by Gasteiger charge is 2.31. The molecule has 1 saturated heterocycles. The van der Waals surface area contributed by atoms with Gasteiger partial charge in [-0.3, -0.25) is 0 Å². The summed E-state index contributed by atoms with van der Waals surface area (Å²) >= 11 is 4.94. The number of rotatable bonds is 4. The molecule has 1 heterocycles. The molecule has 2 rings (SSSR count). The van der Waals surface area contributed by atoms with Crippen LogP contribution in [0.3, 0.4) is 0 Å². The fourth-order valence-corrected chi connectivity index (χ4v) is 4.82. The van der Waals surface area contributed by atoms with Crippen molar-refractivity contribution in [2.45, 2.75) is 38.5 Å². The van der Waals surface area contributed by atoms with Gasteiger partial charge >= 0.3 is 0 Å². The van der Waals surface area contributed by atoms with Gasteiger partial charge in [-0.1, -0.05) is 37.3 Å². The maximum absolute atomic E-state index is 12.6. The lowest BCUT2D eigenvalue weighted by molar-refractivity contribution is 0.220. The second kappa shape index (κ2) is 6.42. The lowest BCUT2D eigenvalue weighted by Crippen LogP contribution is -2.44. The van der Waals surface area contributed by atoms with E-state index < -0.39 is 10.0 Å². The molecule has 1 aliphatic rings. The number of piperidine rings is 1. The monoisotopic (exact) mass is 326 g/mol. The Hall–Kier alpha value is -0.980. The van der Waals surface area contributed by atoms with Gasteiger partial charge in [0.25, 0.3) is 0 Å². The second-order valence-electron chi connectivity index (χ2n) is 5.91. The molecule has 1 aromatic carbocycles. The Labute approximate surface area is 132 Å². The molecule has 0 radical (unpaired) electrons. The maximum atomic E-state index is 12.6. The number of hydrogen-bond acceptors (Lipinski definition) is 3. The molecule has 0 amide bonds. The summed E-state index contributed by atoms with van der Waals surface area (Å²) in [7, 11) is -3.30. The summed E-state index contributed by atoms with van der Waals surface area (Å²) in [4.78, 5) is 0.286. The van der Waals surface area contributed by atoms with Gasteiger partial charge in [-0.05, 0) is 37.3 Å². The SMILES string of the molecule is CC1CCN(S(=O)(=O)Cc2cccc(C(N)=S)c2)C(C)C1. The Morgan fingerprint density at radius 3 is 2.76 bits per heavy atom. The van der Waals surface area contributed by atoms with E-state index in [1.54, 1.807) is 28.6 Å². The minimum atomic E-state index is -3.30. The van der Waals surface area contributed by atoms with Crippen molar-refractivity contribution >= 4 is 27.2 Å². The van der Waals surface area contributed by atoms with Crippen LogP contribution in [0.5, 0.6) is 0 Å². The van der Waals surface area contributed by atoms with Crippen LogP contribution in [-0.4, -0.2) is 30.3 Å². The zero-order chi connectivity index (χ0) is 15.6. The van der Waals surface area contributed by atoms with E-state index in [0.29, 0.717) is 18.0 Å². The van der Waals surface area contributed by atoms with Crippen LogP contribution in [0.25, 0.3) is 0 Å². The van der Waals surface area contributed by atoms with E-state index in [1.165, 1.54) is 0 Å². The molecule has 2 unspecified atom stereocenters. The Morgan fingerprint density at radius 1 is 1.43 bits per heavy atom. The third kappa shape index (κ3) is 4.02. The maximum Gasteiger partial charge on any atom is 0.218 e. The van der Waals surface area contributed by atoms with Crippen LogP contribution in [0.1, 0.15) is 37.8 Å². The number of nitrogens with zero attached hydrogens (tertiary/aromatic N) is 1. The molecular weight excluding hydrogens is 304 g/mol. The Bertz CT molecular complexity index is 628. The largest absolute Gasteiger partial charge is 0.389 e. The van der Waals surface area contributed by atoms with Crippen LogP contribution in [-0.2, 0) is 15.8 Å². The molecule has 0 spiro atoms. The van der Waals surface area contributed by atoms with E-state index in [9.17, 15) is 8.42 Å². The first-order valence-electron chi connectivity index (χ1n) is 7.18. The van der Waals surface area contributed by atoms with E-state index >= 15 is 0 Å². The van der Waals surface area contributed by atoms with Gasteiger partial charge in [-0.25, -0.2) is 8.42 Å². The number of sulfonamides is 1.